The van der Waals surface area contributed by atoms with Gasteiger partial charge in [-0.15, -0.1) is 0 Å². The molecule has 2 aliphatic heterocycles. The van der Waals surface area contributed by atoms with Crippen molar-refractivity contribution in [2.24, 2.45) is 5.92 Å². The molecular weight excluding hydrogens is 332 g/mol. The number of aryl methyl sites for hydroxylation is 1. The summed E-state index contributed by atoms with van der Waals surface area (Å²) in [4.78, 5) is 20.6. The molecule has 25 heavy (non-hydrogen) atoms. The van der Waals surface area contributed by atoms with Crippen molar-refractivity contribution in [1.29, 1.82) is 0 Å². The fourth-order valence-electron chi connectivity index (χ4n) is 4.28. The number of nitrogens with one attached hydrogen (secondary N) is 1. The summed E-state index contributed by atoms with van der Waals surface area (Å²) in [6.45, 7) is 5.19. The molecule has 5 nitrogen and oxygen atoms in total. The Bertz CT molecular complexity index is 722. The fourth-order valence-corrected chi connectivity index (χ4v) is 5.24. The van der Waals surface area contributed by atoms with Gasteiger partial charge in [0.05, 0.1) is 5.69 Å². The molecular formula is C19H26N4OS. The minimum absolute atomic E-state index is 0.0290. The van der Waals surface area contributed by atoms with Crippen LogP contribution in [-0.2, 0) is 0 Å². The van der Waals surface area contributed by atoms with Gasteiger partial charge in [0.15, 0.2) is 5.13 Å². The highest BCUT2D eigenvalue weighted by molar-refractivity contribution is 7.16. The fraction of sp³-hybridized carbons (Fsp3) is 0.579. The number of amides is 1. The molecule has 0 aromatic carbocycles. The number of hydrogen-bond acceptors (Lipinski definition) is 4. The molecule has 0 radical (unpaired) electrons. The minimum atomic E-state index is 0.0290. The van der Waals surface area contributed by atoms with Crippen molar-refractivity contribution in [3.8, 4) is 5.13 Å². The van der Waals surface area contributed by atoms with Crippen molar-refractivity contribution in [3.05, 3.63) is 35.1 Å². The molecule has 0 saturated carbocycles. The van der Waals surface area contributed by atoms with Crippen LogP contribution >= 0.6 is 11.3 Å². The van der Waals surface area contributed by atoms with E-state index in [2.05, 4.69) is 15.2 Å². The van der Waals surface area contributed by atoms with Gasteiger partial charge in [-0.3, -0.25) is 4.79 Å². The van der Waals surface area contributed by atoms with Crippen LogP contribution < -0.4 is 5.32 Å². The highest BCUT2D eigenvalue weighted by Crippen LogP contribution is 2.30. The van der Waals surface area contributed by atoms with E-state index in [0.717, 1.165) is 22.2 Å². The zero-order valence-electron chi connectivity index (χ0n) is 14.8. The number of carbonyl (C=O) groups is 1. The second kappa shape index (κ2) is 7.30. The molecule has 6 heteroatoms. The van der Waals surface area contributed by atoms with E-state index in [1.807, 2.05) is 36.0 Å². The first kappa shape index (κ1) is 16.8. The number of nitrogens with zero attached hydrogens (tertiary/aromatic N) is 3. The van der Waals surface area contributed by atoms with Crippen LogP contribution in [0.2, 0.25) is 0 Å². The van der Waals surface area contributed by atoms with Gasteiger partial charge in [-0.25, -0.2) is 4.98 Å². The molecule has 1 N–H and O–H groups in total. The molecule has 2 saturated heterocycles. The molecule has 2 aromatic heterocycles. The van der Waals surface area contributed by atoms with E-state index in [4.69, 9.17) is 0 Å². The summed E-state index contributed by atoms with van der Waals surface area (Å²) in [5, 5.41) is 4.05. The van der Waals surface area contributed by atoms with Crippen LogP contribution in [0.25, 0.3) is 5.13 Å². The van der Waals surface area contributed by atoms with Crippen molar-refractivity contribution in [2.75, 3.05) is 19.6 Å². The maximum absolute atomic E-state index is 12.7. The number of thiazole rings is 1. The third-order valence-electron chi connectivity index (χ3n) is 5.57. The molecule has 2 fully saturated rings. The zero-order valence-corrected chi connectivity index (χ0v) is 15.6. The van der Waals surface area contributed by atoms with E-state index >= 15 is 0 Å². The Kier molecular flexibility index (Phi) is 4.90. The lowest BCUT2D eigenvalue weighted by atomic mass is 9.83. The molecule has 2 aromatic rings. The van der Waals surface area contributed by atoms with Crippen LogP contribution in [0.1, 0.15) is 47.5 Å². The number of aromatic nitrogens is 2. The monoisotopic (exact) mass is 358 g/mol. The van der Waals surface area contributed by atoms with Gasteiger partial charge in [0, 0.05) is 25.0 Å². The molecule has 4 heterocycles. The predicted octanol–water partition coefficient (Wildman–Crippen LogP) is 3.24. The van der Waals surface area contributed by atoms with Gasteiger partial charge >= 0.3 is 0 Å². The Hall–Kier alpha value is -1.66. The number of hydrogen-bond donors (Lipinski definition) is 1. The Morgan fingerprint density at radius 1 is 1.24 bits per heavy atom. The van der Waals surface area contributed by atoms with Crippen LogP contribution in [0.15, 0.2) is 24.5 Å². The van der Waals surface area contributed by atoms with Gasteiger partial charge in [-0.2, -0.15) is 0 Å². The second-order valence-electron chi connectivity index (χ2n) is 7.21. The van der Waals surface area contributed by atoms with E-state index in [1.165, 1.54) is 56.5 Å². The van der Waals surface area contributed by atoms with Crippen LogP contribution in [0.4, 0.5) is 0 Å². The summed E-state index contributed by atoms with van der Waals surface area (Å²) in [6.07, 6.45) is 10.4. The summed E-state index contributed by atoms with van der Waals surface area (Å²) in [5.74, 6) is 0.622. The summed E-state index contributed by atoms with van der Waals surface area (Å²) in [6, 6.07) is 4.60. The lowest BCUT2D eigenvalue weighted by Gasteiger charge is -2.44. The van der Waals surface area contributed by atoms with Crippen molar-refractivity contribution >= 4 is 17.2 Å². The number of rotatable bonds is 4. The van der Waals surface area contributed by atoms with Gasteiger partial charge in [-0.05, 0) is 63.7 Å². The Labute approximate surface area is 153 Å². The Morgan fingerprint density at radius 2 is 2.04 bits per heavy atom. The lowest BCUT2D eigenvalue weighted by Crippen LogP contribution is -2.50. The molecule has 2 unspecified atom stereocenters. The lowest BCUT2D eigenvalue weighted by molar-refractivity contribution is 0.0576. The summed E-state index contributed by atoms with van der Waals surface area (Å²) >= 11 is 1.46. The minimum Gasteiger partial charge on any atom is -0.351 e. The topological polar surface area (TPSA) is 50.2 Å². The molecule has 2 aliphatic rings. The maximum Gasteiger partial charge on any atom is 0.263 e. The molecule has 4 rings (SSSR count). The first-order valence-electron chi connectivity index (χ1n) is 9.35. The standard InChI is InChI=1S/C19H26N4OS/c1-14-17(25-19(21-14)23-10-4-5-11-23)18(24)20-13-15-7-6-12-22-9-3-2-8-16(15)22/h4-5,10-11,15-16H,2-3,6-9,12-13H2,1H3,(H,20,24). The van der Waals surface area contributed by atoms with Crippen LogP contribution in [0, 0.1) is 12.8 Å². The number of fused-ring (bicyclic) bond motifs is 1. The zero-order chi connectivity index (χ0) is 17.2. The first-order chi connectivity index (χ1) is 12.2. The number of carbonyl (C=O) groups excluding carboxylic acids is 1. The Morgan fingerprint density at radius 3 is 2.88 bits per heavy atom. The van der Waals surface area contributed by atoms with Crippen LogP contribution in [0.3, 0.4) is 0 Å². The molecule has 0 spiro atoms. The average molecular weight is 359 g/mol. The van der Waals surface area contributed by atoms with Crippen LogP contribution in [-0.4, -0.2) is 46.0 Å². The number of piperidine rings is 2. The van der Waals surface area contributed by atoms with Crippen molar-refractivity contribution in [3.63, 3.8) is 0 Å². The van der Waals surface area contributed by atoms with E-state index in [0.29, 0.717) is 12.0 Å². The quantitative estimate of drug-likeness (QED) is 0.913. The molecule has 0 bridgehead atoms. The predicted molar refractivity (Wildman–Crippen MR) is 100 cm³/mol. The van der Waals surface area contributed by atoms with Gasteiger partial charge in [0.1, 0.15) is 4.88 Å². The van der Waals surface area contributed by atoms with Crippen LogP contribution in [0.5, 0.6) is 0 Å². The molecule has 0 aliphatic carbocycles. The van der Waals surface area contributed by atoms with Crippen molar-refractivity contribution in [2.45, 2.75) is 45.1 Å². The Balaban J connectivity index is 1.40. The molecule has 134 valence electrons. The normalized spacial score (nSPS) is 24.0. The molecule has 2 atom stereocenters. The van der Waals surface area contributed by atoms with Gasteiger partial charge in [-0.1, -0.05) is 17.8 Å². The smallest absolute Gasteiger partial charge is 0.263 e. The molecule has 1 amide bonds. The largest absolute Gasteiger partial charge is 0.351 e. The highest BCUT2D eigenvalue weighted by Gasteiger charge is 2.33. The first-order valence-corrected chi connectivity index (χ1v) is 10.2. The van der Waals surface area contributed by atoms with Crippen molar-refractivity contribution in [1.82, 2.24) is 19.8 Å². The SMILES string of the molecule is Cc1nc(-n2cccc2)sc1C(=O)NCC1CCCN2CCCCC12. The van der Waals surface area contributed by atoms with E-state index < -0.39 is 0 Å². The van der Waals surface area contributed by atoms with Crippen molar-refractivity contribution < 1.29 is 4.79 Å². The summed E-state index contributed by atoms with van der Waals surface area (Å²) in [5.41, 5.74) is 0.814. The summed E-state index contributed by atoms with van der Waals surface area (Å²) in [7, 11) is 0. The second-order valence-corrected chi connectivity index (χ2v) is 8.19. The maximum atomic E-state index is 12.7. The van der Waals surface area contributed by atoms with Gasteiger partial charge < -0.3 is 14.8 Å². The van der Waals surface area contributed by atoms with E-state index in [9.17, 15) is 4.79 Å². The third-order valence-corrected chi connectivity index (χ3v) is 6.74. The van der Waals surface area contributed by atoms with E-state index in [1.54, 1.807) is 0 Å². The average Bonchev–Trinajstić information content (AvgIpc) is 3.29. The summed E-state index contributed by atoms with van der Waals surface area (Å²) < 4.78 is 1.95. The highest BCUT2D eigenvalue weighted by atomic mass is 32.1. The van der Waals surface area contributed by atoms with Gasteiger partial charge in [0.2, 0.25) is 0 Å². The van der Waals surface area contributed by atoms with E-state index in [-0.39, 0.29) is 5.91 Å². The van der Waals surface area contributed by atoms with Gasteiger partial charge in [0.25, 0.3) is 5.91 Å². The third kappa shape index (κ3) is 3.51.